The van der Waals surface area contributed by atoms with Gasteiger partial charge < -0.3 is 13.9 Å². The molecule has 0 aliphatic heterocycles. The second-order valence-electron chi connectivity index (χ2n) is 7.24. The lowest BCUT2D eigenvalue weighted by atomic mass is 10.3. The predicted molar refractivity (Wildman–Crippen MR) is 142 cm³/mol. The Balaban J connectivity index is 1.50. The molecule has 0 spiro atoms. The first-order valence-corrected chi connectivity index (χ1v) is 12.8. The highest BCUT2D eigenvalue weighted by atomic mass is 35.5. The summed E-state index contributed by atoms with van der Waals surface area (Å²) < 4.78 is 10.7. The summed E-state index contributed by atoms with van der Waals surface area (Å²) in [5.41, 5.74) is 1.58. The largest absolute Gasteiger partial charge is 0.362 e. The molecule has 2 aromatic carbocycles. The minimum Gasteiger partial charge on any atom is -0.362 e. The summed E-state index contributed by atoms with van der Waals surface area (Å²) in [4.78, 5) is 34.1. The van der Waals surface area contributed by atoms with E-state index < -0.39 is 11.8 Å². The Morgan fingerprint density at radius 1 is 0.829 bits per heavy atom. The van der Waals surface area contributed by atoms with Crippen LogP contribution in [0.4, 0.5) is 0 Å². The Kier molecular flexibility index (Phi) is 8.15. The number of para-hydroxylation sites is 2. The molecule has 0 radical (unpaired) electrons. The van der Waals surface area contributed by atoms with Gasteiger partial charge >= 0.3 is 0 Å². The Morgan fingerprint density at radius 2 is 1.26 bits per heavy atom. The van der Waals surface area contributed by atoms with E-state index >= 15 is 0 Å². The van der Waals surface area contributed by atoms with Crippen LogP contribution in [-0.2, 0) is 27.4 Å². The van der Waals surface area contributed by atoms with Crippen LogP contribution in [0.15, 0.2) is 71.7 Å². The predicted octanol–water partition coefficient (Wildman–Crippen LogP) is 4.97. The molecule has 0 unspecified atom stereocenters. The summed E-state index contributed by atoms with van der Waals surface area (Å²) in [5.74, 6) is -1.04. The summed E-state index contributed by atoms with van der Waals surface area (Å²) in [5, 5.41) is 1.13. The van der Waals surface area contributed by atoms with Crippen molar-refractivity contribution in [3.05, 3.63) is 81.4 Å². The van der Waals surface area contributed by atoms with Gasteiger partial charge in [0.15, 0.2) is 9.60 Å². The second-order valence-corrected chi connectivity index (χ2v) is 10.1. The molecule has 0 bridgehead atoms. The fourth-order valence-corrected chi connectivity index (χ4v) is 6.28. The van der Waals surface area contributed by atoms with Gasteiger partial charge in [-0.05, 0) is 24.3 Å². The molecule has 4 rings (SSSR count). The molecule has 7 nitrogen and oxygen atoms in total. The molecule has 4 aromatic rings. The lowest BCUT2D eigenvalue weighted by Crippen LogP contribution is -2.21. The molecule has 0 saturated carbocycles. The highest BCUT2D eigenvalue weighted by Crippen LogP contribution is 2.26. The van der Waals surface area contributed by atoms with Crippen LogP contribution in [0.1, 0.15) is 0 Å². The van der Waals surface area contributed by atoms with Crippen molar-refractivity contribution in [3.8, 4) is 0 Å². The van der Waals surface area contributed by atoms with Gasteiger partial charge in [0, 0.05) is 13.1 Å². The van der Waals surface area contributed by atoms with Gasteiger partial charge in [-0.25, -0.2) is 0 Å². The number of carbonyl (C=O) groups excluding carboxylic acids is 2. The van der Waals surface area contributed by atoms with Crippen LogP contribution < -0.4 is 9.60 Å². The smallest absolute Gasteiger partial charge is 0.274 e. The van der Waals surface area contributed by atoms with Gasteiger partial charge in [0.25, 0.3) is 11.8 Å². The van der Waals surface area contributed by atoms with Gasteiger partial charge in [0.2, 0.25) is 0 Å². The average Bonchev–Trinajstić information content (AvgIpc) is 3.34. The van der Waals surface area contributed by atoms with E-state index in [0.29, 0.717) is 32.7 Å². The summed E-state index contributed by atoms with van der Waals surface area (Å²) in [6.07, 6.45) is 3.41. The average molecular weight is 547 g/mol. The van der Waals surface area contributed by atoms with Crippen LogP contribution in [0.25, 0.3) is 20.4 Å². The van der Waals surface area contributed by atoms with Crippen molar-refractivity contribution in [2.24, 2.45) is 9.98 Å². The minimum atomic E-state index is -0.520. The Morgan fingerprint density at radius 3 is 1.66 bits per heavy atom. The molecule has 11 heteroatoms. The fourth-order valence-electron chi connectivity index (χ4n) is 3.44. The number of halogens is 2. The van der Waals surface area contributed by atoms with Gasteiger partial charge in [0.1, 0.15) is 13.2 Å². The standard InChI is InChI=1S/C24H20Cl2N4O3S2/c1-3-11-29-21-15(25)7-5-9-17(21)34-23(29)27-19(31)13-33-14-20(32)28-24-30(12-4-2)22-16(26)8-6-10-18(22)35-24/h3-10H,1-2,11-14H2. The summed E-state index contributed by atoms with van der Waals surface area (Å²) in [7, 11) is 0. The number of allylic oxidation sites excluding steroid dienone is 2. The fraction of sp³-hybridized carbons (Fsp3) is 0.167. The molecule has 35 heavy (non-hydrogen) atoms. The SMILES string of the molecule is C=CCn1c(=NC(=O)COCC(=O)N=c2sc3cccc(Cl)c3n2CC=C)sc2cccc(Cl)c21. The number of carbonyl (C=O) groups is 2. The van der Waals surface area contributed by atoms with E-state index in [2.05, 4.69) is 23.1 Å². The van der Waals surface area contributed by atoms with Gasteiger partial charge in [-0.1, -0.05) is 70.2 Å². The number of benzene rings is 2. The number of nitrogens with zero attached hydrogens (tertiary/aromatic N) is 4. The van der Waals surface area contributed by atoms with Crippen molar-refractivity contribution < 1.29 is 14.3 Å². The highest BCUT2D eigenvalue weighted by Gasteiger charge is 2.12. The van der Waals surface area contributed by atoms with Crippen molar-refractivity contribution in [3.63, 3.8) is 0 Å². The maximum Gasteiger partial charge on any atom is 0.274 e. The zero-order valence-electron chi connectivity index (χ0n) is 18.4. The number of rotatable bonds is 8. The van der Waals surface area contributed by atoms with Crippen LogP contribution >= 0.6 is 45.9 Å². The zero-order chi connectivity index (χ0) is 24.9. The summed E-state index contributed by atoms with van der Waals surface area (Å²) in [6, 6.07) is 11.1. The lowest BCUT2D eigenvalue weighted by Gasteiger charge is -2.03. The van der Waals surface area contributed by atoms with Crippen LogP contribution in [0, 0.1) is 0 Å². The van der Waals surface area contributed by atoms with Crippen molar-refractivity contribution in [1.29, 1.82) is 0 Å². The third-order valence-electron chi connectivity index (χ3n) is 4.82. The first-order chi connectivity index (χ1) is 16.9. The summed E-state index contributed by atoms with van der Waals surface area (Å²) >= 11 is 15.4. The van der Waals surface area contributed by atoms with Crippen LogP contribution in [0.5, 0.6) is 0 Å². The maximum absolute atomic E-state index is 12.4. The molecular weight excluding hydrogens is 527 g/mol. The number of hydrogen-bond acceptors (Lipinski definition) is 5. The lowest BCUT2D eigenvalue weighted by molar-refractivity contribution is -0.127. The monoisotopic (exact) mass is 546 g/mol. The van der Waals surface area contributed by atoms with E-state index in [4.69, 9.17) is 27.9 Å². The molecule has 0 aliphatic rings. The minimum absolute atomic E-state index is 0.359. The molecule has 2 aromatic heterocycles. The zero-order valence-corrected chi connectivity index (χ0v) is 21.6. The van der Waals surface area contributed by atoms with Crippen molar-refractivity contribution >= 4 is 78.1 Å². The van der Waals surface area contributed by atoms with Gasteiger partial charge in [0.05, 0.1) is 30.5 Å². The first kappa shape index (κ1) is 25.3. The van der Waals surface area contributed by atoms with E-state index in [1.807, 2.05) is 33.4 Å². The first-order valence-electron chi connectivity index (χ1n) is 10.4. The molecule has 2 heterocycles. The van der Waals surface area contributed by atoms with Crippen LogP contribution in [0.3, 0.4) is 0 Å². The van der Waals surface area contributed by atoms with Crippen LogP contribution in [-0.4, -0.2) is 34.2 Å². The number of amides is 2. The van der Waals surface area contributed by atoms with E-state index in [0.717, 1.165) is 20.4 Å². The molecule has 0 atom stereocenters. The third kappa shape index (κ3) is 5.55. The molecular formula is C24H20Cl2N4O3S2. The van der Waals surface area contributed by atoms with E-state index in [1.54, 1.807) is 24.3 Å². The van der Waals surface area contributed by atoms with Gasteiger partial charge in [-0.2, -0.15) is 9.98 Å². The number of ether oxygens (including phenoxy) is 1. The third-order valence-corrected chi connectivity index (χ3v) is 7.52. The molecule has 0 aliphatic carbocycles. The number of aromatic nitrogens is 2. The van der Waals surface area contributed by atoms with E-state index in [-0.39, 0.29) is 13.2 Å². The normalized spacial score (nSPS) is 12.5. The van der Waals surface area contributed by atoms with Gasteiger partial charge in [-0.3, -0.25) is 9.59 Å². The molecule has 2 amide bonds. The molecule has 0 N–H and O–H groups in total. The molecule has 180 valence electrons. The van der Waals surface area contributed by atoms with Crippen LogP contribution in [0.2, 0.25) is 10.0 Å². The van der Waals surface area contributed by atoms with E-state index in [1.165, 1.54) is 22.7 Å². The highest BCUT2D eigenvalue weighted by molar-refractivity contribution is 7.16. The number of fused-ring (bicyclic) bond motifs is 2. The Hall–Kier alpha value is -2.82. The number of thiazole rings is 2. The molecule has 0 fully saturated rings. The van der Waals surface area contributed by atoms with Gasteiger partial charge in [-0.15, -0.1) is 13.2 Å². The maximum atomic E-state index is 12.4. The van der Waals surface area contributed by atoms with E-state index in [9.17, 15) is 9.59 Å². The van der Waals surface area contributed by atoms with Crippen molar-refractivity contribution in [2.45, 2.75) is 13.1 Å². The Bertz CT molecular complexity index is 1480. The van der Waals surface area contributed by atoms with Crippen molar-refractivity contribution in [2.75, 3.05) is 13.2 Å². The number of hydrogen-bond donors (Lipinski definition) is 0. The Labute approximate surface area is 218 Å². The topological polar surface area (TPSA) is 78.0 Å². The van der Waals surface area contributed by atoms with Crippen molar-refractivity contribution in [1.82, 2.24) is 9.13 Å². The second kappa shape index (κ2) is 11.3. The quantitative estimate of drug-likeness (QED) is 0.293. The molecule has 0 saturated heterocycles. The summed E-state index contributed by atoms with van der Waals surface area (Å²) in [6.45, 7) is 7.69.